The maximum absolute atomic E-state index is 10.3. The molecule has 0 radical (unpaired) electrons. The van der Waals surface area contributed by atoms with Crippen LogP contribution in [0.15, 0.2) is 24.3 Å². The van der Waals surface area contributed by atoms with E-state index in [2.05, 4.69) is 26.1 Å². The van der Waals surface area contributed by atoms with Crippen molar-refractivity contribution in [2.24, 2.45) is 0 Å². The molecule has 0 saturated carbocycles. The van der Waals surface area contributed by atoms with E-state index in [-0.39, 0.29) is 13.2 Å². The van der Waals surface area contributed by atoms with Crippen LogP contribution in [-0.2, 0) is 30.9 Å². The van der Waals surface area contributed by atoms with E-state index in [4.69, 9.17) is 9.47 Å². The van der Waals surface area contributed by atoms with E-state index in [1.54, 1.807) is 0 Å². The molecule has 0 amide bonds. The normalized spacial score (nSPS) is 19.1. The quantitative estimate of drug-likeness (QED) is 0.593. The summed E-state index contributed by atoms with van der Waals surface area (Å²) in [4.78, 5) is 4.55. The summed E-state index contributed by atoms with van der Waals surface area (Å²) in [6.45, 7) is 6.57. The second kappa shape index (κ2) is 9.69. The molecule has 2 aliphatic rings. The van der Waals surface area contributed by atoms with Crippen LogP contribution >= 0.6 is 0 Å². The second-order valence-electron chi connectivity index (χ2n) is 7.77. The molecule has 2 aliphatic heterocycles. The van der Waals surface area contributed by atoms with Gasteiger partial charge in [-0.1, -0.05) is 12.1 Å². The zero-order valence-corrected chi connectivity index (χ0v) is 16.7. The van der Waals surface area contributed by atoms with Gasteiger partial charge in [0.15, 0.2) is 0 Å². The third-order valence-electron chi connectivity index (χ3n) is 5.57. The Kier molecular flexibility index (Phi) is 6.78. The maximum atomic E-state index is 10.3. The number of aliphatic hydroxyl groups is 2. The molecule has 1 aromatic heterocycles. The number of morpholine rings is 1. The zero-order valence-electron chi connectivity index (χ0n) is 16.7. The summed E-state index contributed by atoms with van der Waals surface area (Å²) in [5, 5.41) is 27.0. The van der Waals surface area contributed by atoms with E-state index in [0.29, 0.717) is 6.54 Å². The molecule has 158 valence electrons. The first kappa shape index (κ1) is 20.3. The predicted octanol–water partition coefficient (Wildman–Crippen LogP) is 0.532. The van der Waals surface area contributed by atoms with Crippen molar-refractivity contribution in [2.45, 2.75) is 32.2 Å². The summed E-state index contributed by atoms with van der Waals surface area (Å²) >= 11 is 0. The van der Waals surface area contributed by atoms with Gasteiger partial charge in [0.25, 0.3) is 0 Å². The summed E-state index contributed by atoms with van der Waals surface area (Å²) < 4.78 is 11.2. The summed E-state index contributed by atoms with van der Waals surface area (Å²) in [6.07, 6.45) is 0.391. The third kappa shape index (κ3) is 5.34. The standard InChI is InChI=1S/C21H30N4O4/c26-14-21-19-13-25(5-4-20(19)22-23-21)11-16-2-1-3-18(10-16)29-15-17(27)12-24-6-8-28-9-7-24/h1-3,10,17,26-27H,4-9,11-15H2,(H,22,23)/t17-/m0/s1. The minimum Gasteiger partial charge on any atom is -0.491 e. The lowest BCUT2D eigenvalue weighted by atomic mass is 10.0. The molecule has 0 spiro atoms. The molecule has 1 saturated heterocycles. The first-order valence-corrected chi connectivity index (χ1v) is 10.3. The molecule has 1 aromatic carbocycles. The van der Waals surface area contributed by atoms with Crippen LogP contribution in [0.25, 0.3) is 0 Å². The molecule has 4 rings (SSSR count). The van der Waals surface area contributed by atoms with Gasteiger partial charge in [0.2, 0.25) is 0 Å². The van der Waals surface area contributed by atoms with E-state index >= 15 is 0 Å². The molecule has 1 atom stereocenters. The van der Waals surface area contributed by atoms with Crippen LogP contribution in [0.1, 0.15) is 22.5 Å². The lowest BCUT2D eigenvalue weighted by Gasteiger charge is -2.28. The maximum Gasteiger partial charge on any atom is 0.119 e. The number of nitrogens with zero attached hydrogens (tertiary/aromatic N) is 3. The topological polar surface area (TPSA) is 94.1 Å². The minimum atomic E-state index is -0.518. The van der Waals surface area contributed by atoms with Gasteiger partial charge in [0, 0.05) is 56.9 Å². The highest BCUT2D eigenvalue weighted by molar-refractivity contribution is 5.30. The van der Waals surface area contributed by atoms with Crippen molar-refractivity contribution in [3.8, 4) is 5.75 Å². The highest BCUT2D eigenvalue weighted by Gasteiger charge is 2.22. The van der Waals surface area contributed by atoms with E-state index in [1.807, 2.05) is 18.2 Å². The van der Waals surface area contributed by atoms with Gasteiger partial charge < -0.3 is 19.7 Å². The zero-order chi connectivity index (χ0) is 20.1. The van der Waals surface area contributed by atoms with Crippen LogP contribution in [-0.4, -0.2) is 82.3 Å². The lowest BCUT2D eigenvalue weighted by molar-refractivity contribution is 0.00464. The number of ether oxygens (including phenoxy) is 2. The number of aliphatic hydroxyl groups excluding tert-OH is 2. The molecule has 3 N–H and O–H groups in total. The van der Waals surface area contributed by atoms with Gasteiger partial charge in [-0.15, -0.1) is 0 Å². The fourth-order valence-electron chi connectivity index (χ4n) is 3.99. The van der Waals surface area contributed by atoms with Gasteiger partial charge in [-0.05, 0) is 17.7 Å². The summed E-state index contributed by atoms with van der Waals surface area (Å²) in [5.41, 5.74) is 4.17. The van der Waals surface area contributed by atoms with Crippen molar-refractivity contribution in [3.63, 3.8) is 0 Å². The average Bonchev–Trinajstić information content (AvgIpc) is 3.16. The predicted molar refractivity (Wildman–Crippen MR) is 108 cm³/mol. The molecule has 2 aromatic rings. The van der Waals surface area contributed by atoms with Gasteiger partial charge >= 0.3 is 0 Å². The van der Waals surface area contributed by atoms with Crippen molar-refractivity contribution in [1.29, 1.82) is 0 Å². The van der Waals surface area contributed by atoms with E-state index in [1.165, 1.54) is 5.56 Å². The molecule has 8 nitrogen and oxygen atoms in total. The number of aromatic nitrogens is 2. The Morgan fingerprint density at radius 2 is 2.07 bits per heavy atom. The summed E-state index contributed by atoms with van der Waals surface area (Å²) in [5.74, 6) is 0.778. The Hall–Kier alpha value is -1.97. The van der Waals surface area contributed by atoms with Crippen LogP contribution in [0, 0.1) is 0 Å². The van der Waals surface area contributed by atoms with E-state index in [0.717, 1.165) is 75.1 Å². The highest BCUT2D eigenvalue weighted by Crippen LogP contribution is 2.23. The molecule has 1 fully saturated rings. The van der Waals surface area contributed by atoms with Crippen LogP contribution in [0.5, 0.6) is 5.75 Å². The van der Waals surface area contributed by atoms with Gasteiger partial charge in [-0.25, -0.2) is 0 Å². The van der Waals surface area contributed by atoms with Crippen LogP contribution in [0.2, 0.25) is 0 Å². The SMILES string of the molecule is OCc1n[nH]c2c1CN(Cc1cccc(OC[C@@H](O)CN3CCOCC3)c1)CC2. The summed E-state index contributed by atoms with van der Waals surface area (Å²) in [7, 11) is 0. The molecule has 29 heavy (non-hydrogen) atoms. The molecule has 0 unspecified atom stereocenters. The smallest absolute Gasteiger partial charge is 0.119 e. The van der Waals surface area contributed by atoms with Gasteiger partial charge in [-0.3, -0.25) is 14.9 Å². The first-order valence-electron chi connectivity index (χ1n) is 10.3. The highest BCUT2D eigenvalue weighted by atomic mass is 16.5. The Morgan fingerprint density at radius 1 is 1.21 bits per heavy atom. The van der Waals surface area contributed by atoms with Gasteiger partial charge in [0.05, 0.1) is 25.5 Å². The number of fused-ring (bicyclic) bond motifs is 1. The van der Waals surface area contributed by atoms with Crippen molar-refractivity contribution < 1.29 is 19.7 Å². The molecule has 0 aliphatic carbocycles. The monoisotopic (exact) mass is 402 g/mol. The Bertz CT molecular complexity index is 777. The average molecular weight is 402 g/mol. The summed E-state index contributed by atoms with van der Waals surface area (Å²) in [6, 6.07) is 8.05. The Labute approximate surface area is 171 Å². The largest absolute Gasteiger partial charge is 0.491 e. The van der Waals surface area contributed by atoms with Crippen molar-refractivity contribution in [1.82, 2.24) is 20.0 Å². The lowest BCUT2D eigenvalue weighted by Crippen LogP contribution is -2.42. The number of hydrogen-bond acceptors (Lipinski definition) is 7. The van der Waals surface area contributed by atoms with Crippen LogP contribution in [0.3, 0.4) is 0 Å². The number of benzene rings is 1. The van der Waals surface area contributed by atoms with Gasteiger partial charge in [-0.2, -0.15) is 5.10 Å². The van der Waals surface area contributed by atoms with E-state index < -0.39 is 6.10 Å². The first-order chi connectivity index (χ1) is 14.2. The Balaban J connectivity index is 1.28. The molecular formula is C21H30N4O4. The number of hydrogen-bond donors (Lipinski definition) is 3. The fraction of sp³-hybridized carbons (Fsp3) is 0.571. The van der Waals surface area contributed by atoms with Crippen molar-refractivity contribution >= 4 is 0 Å². The third-order valence-corrected chi connectivity index (χ3v) is 5.57. The minimum absolute atomic E-state index is 0.0320. The van der Waals surface area contributed by atoms with Crippen molar-refractivity contribution in [2.75, 3.05) is 46.0 Å². The molecule has 8 heteroatoms. The second-order valence-corrected chi connectivity index (χ2v) is 7.77. The molecular weight excluding hydrogens is 372 g/mol. The van der Waals surface area contributed by atoms with E-state index in [9.17, 15) is 10.2 Å². The number of aromatic amines is 1. The number of H-pyrrole nitrogens is 1. The molecule has 0 bridgehead atoms. The number of nitrogens with one attached hydrogen (secondary N) is 1. The van der Waals surface area contributed by atoms with Crippen LogP contribution in [0.4, 0.5) is 0 Å². The van der Waals surface area contributed by atoms with Gasteiger partial charge in [0.1, 0.15) is 18.5 Å². The fourth-order valence-corrected chi connectivity index (χ4v) is 3.99. The van der Waals surface area contributed by atoms with Crippen molar-refractivity contribution in [3.05, 3.63) is 46.8 Å². The number of β-amino-alcohol motifs (C(OH)–C–C–N with tert-alkyl or cyclic N) is 1. The number of rotatable bonds is 8. The Morgan fingerprint density at radius 3 is 2.90 bits per heavy atom. The molecule has 3 heterocycles. The van der Waals surface area contributed by atoms with Crippen LogP contribution < -0.4 is 4.74 Å².